The molecule has 1 amide bonds. The van der Waals surface area contributed by atoms with Crippen molar-refractivity contribution in [3.05, 3.63) is 65.1 Å². The van der Waals surface area contributed by atoms with Gasteiger partial charge in [0.2, 0.25) is 0 Å². The number of rotatable bonds is 3. The number of thiazole rings is 1. The van der Waals surface area contributed by atoms with E-state index in [1.165, 1.54) is 11.3 Å². The van der Waals surface area contributed by atoms with Crippen LogP contribution in [0, 0.1) is 0 Å². The molecule has 3 aromatic rings. The predicted molar refractivity (Wildman–Crippen MR) is 85.3 cm³/mol. The summed E-state index contributed by atoms with van der Waals surface area (Å²) in [6.07, 6.45) is 5.56. The summed E-state index contributed by atoms with van der Waals surface area (Å²) in [6.45, 7) is 4.43. The lowest BCUT2D eigenvalue weighted by molar-refractivity contribution is 0.0999. The highest BCUT2D eigenvalue weighted by Gasteiger charge is 2.13. The van der Waals surface area contributed by atoms with Crippen LogP contribution in [0.1, 0.15) is 10.4 Å². The molecule has 1 aromatic carbocycles. The van der Waals surface area contributed by atoms with Crippen LogP contribution >= 0.6 is 11.3 Å². The maximum absolute atomic E-state index is 12.5. The van der Waals surface area contributed by atoms with Crippen molar-refractivity contribution in [2.24, 2.45) is 12.0 Å². The third-order valence-electron chi connectivity index (χ3n) is 3.30. The molecule has 2 aromatic heterocycles. The Morgan fingerprint density at radius 3 is 2.95 bits per heavy atom. The number of hydrogen-bond donors (Lipinski definition) is 0. The molecule has 0 spiro atoms. The molecule has 0 fully saturated rings. The van der Waals surface area contributed by atoms with E-state index >= 15 is 0 Å². The first-order valence-corrected chi connectivity index (χ1v) is 7.46. The van der Waals surface area contributed by atoms with Gasteiger partial charge in [-0.25, -0.2) is 0 Å². The van der Waals surface area contributed by atoms with Crippen LogP contribution in [0.3, 0.4) is 0 Å². The van der Waals surface area contributed by atoms with E-state index in [9.17, 15) is 4.79 Å². The van der Waals surface area contributed by atoms with Crippen molar-refractivity contribution in [2.75, 3.05) is 0 Å². The second kappa shape index (κ2) is 5.54. The Kier molecular flexibility index (Phi) is 3.58. The van der Waals surface area contributed by atoms with Gasteiger partial charge in [0.1, 0.15) is 0 Å². The monoisotopic (exact) mass is 297 g/mol. The van der Waals surface area contributed by atoms with Gasteiger partial charge in [-0.1, -0.05) is 24.3 Å². The number of fused-ring (bicyclic) bond motifs is 1. The highest BCUT2D eigenvalue weighted by atomic mass is 32.1. The van der Waals surface area contributed by atoms with Crippen LogP contribution in [0.5, 0.6) is 0 Å². The molecule has 0 aliphatic heterocycles. The van der Waals surface area contributed by atoms with Crippen molar-refractivity contribution in [2.45, 2.75) is 6.54 Å². The normalized spacial score (nSPS) is 12.0. The van der Waals surface area contributed by atoms with Crippen LogP contribution in [0.2, 0.25) is 0 Å². The topological polar surface area (TPSA) is 39.3 Å². The lowest BCUT2D eigenvalue weighted by Crippen LogP contribution is -2.12. The highest BCUT2D eigenvalue weighted by Crippen LogP contribution is 2.22. The standard InChI is InChI=1S/C16H15N3OS/c1-3-8-19-11-13(12-6-4-5-7-14(12)19)15(20)17-16-18(2)9-10-21-16/h3-7,9-11H,1,8H2,2H3. The van der Waals surface area contributed by atoms with Gasteiger partial charge in [0.25, 0.3) is 5.91 Å². The Morgan fingerprint density at radius 1 is 1.43 bits per heavy atom. The summed E-state index contributed by atoms with van der Waals surface area (Å²) >= 11 is 1.45. The number of carbonyl (C=O) groups is 1. The van der Waals surface area contributed by atoms with E-state index in [0.717, 1.165) is 10.9 Å². The largest absolute Gasteiger partial charge is 0.343 e. The molecule has 2 heterocycles. The molecule has 0 radical (unpaired) electrons. The zero-order chi connectivity index (χ0) is 14.8. The zero-order valence-electron chi connectivity index (χ0n) is 11.7. The molecule has 21 heavy (non-hydrogen) atoms. The van der Waals surface area contributed by atoms with Crippen LogP contribution in [-0.4, -0.2) is 15.0 Å². The summed E-state index contributed by atoms with van der Waals surface area (Å²) < 4.78 is 3.85. The zero-order valence-corrected chi connectivity index (χ0v) is 12.5. The molecule has 3 rings (SSSR count). The molecule has 0 aliphatic carbocycles. The minimum absolute atomic E-state index is 0.216. The molecular formula is C16H15N3OS. The summed E-state index contributed by atoms with van der Waals surface area (Å²) in [7, 11) is 1.88. The Balaban J connectivity index is 2.15. The Morgan fingerprint density at radius 2 is 2.24 bits per heavy atom. The maximum Gasteiger partial charge on any atom is 0.281 e. The number of carbonyl (C=O) groups excluding carboxylic acids is 1. The summed E-state index contributed by atoms with van der Waals surface area (Å²) in [4.78, 5) is 17.4. The number of aromatic nitrogens is 2. The van der Waals surface area contributed by atoms with Crippen molar-refractivity contribution < 1.29 is 4.79 Å². The average Bonchev–Trinajstić information content (AvgIpc) is 3.05. The molecule has 4 nitrogen and oxygen atoms in total. The lowest BCUT2D eigenvalue weighted by Gasteiger charge is -1.98. The smallest absolute Gasteiger partial charge is 0.281 e. The van der Waals surface area contributed by atoms with Gasteiger partial charge in [-0.15, -0.1) is 17.9 Å². The molecule has 0 bridgehead atoms. The molecule has 5 heteroatoms. The number of aryl methyl sites for hydroxylation is 1. The predicted octanol–water partition coefficient (Wildman–Crippen LogP) is 2.97. The van der Waals surface area contributed by atoms with Crippen molar-refractivity contribution >= 4 is 28.1 Å². The van der Waals surface area contributed by atoms with Crippen molar-refractivity contribution in [3.63, 3.8) is 0 Å². The van der Waals surface area contributed by atoms with Gasteiger partial charge in [-0.2, -0.15) is 4.99 Å². The Hall–Kier alpha value is -2.40. The van der Waals surface area contributed by atoms with Gasteiger partial charge in [0.05, 0.1) is 5.56 Å². The van der Waals surface area contributed by atoms with Gasteiger partial charge in [0.15, 0.2) is 4.80 Å². The summed E-state index contributed by atoms with van der Waals surface area (Å²) in [6, 6.07) is 7.85. The van der Waals surface area contributed by atoms with Gasteiger partial charge in [0, 0.05) is 42.3 Å². The molecule has 0 saturated heterocycles. The lowest BCUT2D eigenvalue weighted by atomic mass is 10.2. The summed E-state index contributed by atoms with van der Waals surface area (Å²) in [5.74, 6) is -0.216. The number of nitrogens with zero attached hydrogens (tertiary/aromatic N) is 3. The van der Waals surface area contributed by atoms with Gasteiger partial charge in [-0.3, -0.25) is 4.79 Å². The van der Waals surface area contributed by atoms with Crippen LogP contribution in [0.25, 0.3) is 10.9 Å². The van der Waals surface area contributed by atoms with Crippen molar-refractivity contribution in [1.82, 2.24) is 9.13 Å². The number of para-hydroxylation sites is 1. The summed E-state index contributed by atoms with van der Waals surface area (Å²) in [5, 5.41) is 2.83. The third-order valence-corrected chi connectivity index (χ3v) is 4.15. The molecule has 0 aliphatic rings. The third kappa shape index (κ3) is 2.48. The van der Waals surface area contributed by atoms with Crippen LogP contribution < -0.4 is 4.80 Å². The van der Waals surface area contributed by atoms with E-state index in [1.807, 2.05) is 64.3 Å². The van der Waals surface area contributed by atoms with Crippen molar-refractivity contribution in [1.29, 1.82) is 0 Å². The van der Waals surface area contributed by atoms with Gasteiger partial charge < -0.3 is 9.13 Å². The molecule has 0 atom stereocenters. The molecule has 0 saturated carbocycles. The van der Waals surface area contributed by atoms with E-state index in [1.54, 1.807) is 0 Å². The molecule has 0 unspecified atom stereocenters. The number of allylic oxidation sites excluding steroid dienone is 1. The molecule has 106 valence electrons. The number of amides is 1. The Bertz CT molecular complexity index is 882. The molecule has 0 N–H and O–H groups in total. The quantitative estimate of drug-likeness (QED) is 0.685. The van der Waals surface area contributed by atoms with E-state index in [-0.39, 0.29) is 5.91 Å². The van der Waals surface area contributed by atoms with E-state index in [2.05, 4.69) is 11.6 Å². The van der Waals surface area contributed by atoms with Crippen molar-refractivity contribution in [3.8, 4) is 0 Å². The number of benzene rings is 1. The fourth-order valence-electron chi connectivity index (χ4n) is 2.29. The van der Waals surface area contributed by atoms with E-state index < -0.39 is 0 Å². The minimum atomic E-state index is -0.216. The number of hydrogen-bond acceptors (Lipinski definition) is 2. The second-order valence-electron chi connectivity index (χ2n) is 4.71. The first-order chi connectivity index (χ1) is 10.2. The fourth-order valence-corrected chi connectivity index (χ4v) is 3.02. The molecular weight excluding hydrogens is 282 g/mol. The van der Waals surface area contributed by atoms with Gasteiger partial charge >= 0.3 is 0 Å². The highest BCUT2D eigenvalue weighted by molar-refractivity contribution is 7.07. The van der Waals surface area contributed by atoms with Gasteiger partial charge in [-0.05, 0) is 6.07 Å². The summed E-state index contributed by atoms with van der Waals surface area (Å²) in [5.41, 5.74) is 1.65. The second-order valence-corrected chi connectivity index (χ2v) is 5.59. The van der Waals surface area contributed by atoms with Crippen LogP contribution in [0.4, 0.5) is 0 Å². The first-order valence-electron chi connectivity index (χ1n) is 6.58. The Labute approximate surface area is 126 Å². The fraction of sp³-hybridized carbons (Fsp3) is 0.125. The average molecular weight is 297 g/mol. The van der Waals surface area contributed by atoms with Crippen LogP contribution in [0.15, 0.2) is 59.7 Å². The van der Waals surface area contributed by atoms with E-state index in [0.29, 0.717) is 16.9 Å². The van der Waals surface area contributed by atoms with Crippen LogP contribution in [-0.2, 0) is 13.6 Å². The first kappa shape index (κ1) is 13.6. The minimum Gasteiger partial charge on any atom is -0.343 e. The van der Waals surface area contributed by atoms with E-state index in [4.69, 9.17) is 0 Å². The maximum atomic E-state index is 12.5. The SMILES string of the molecule is C=CCn1cc(C(=O)N=c2sccn2C)c2ccccc21.